The average molecular weight is 1240 g/mol. The van der Waals surface area contributed by atoms with Gasteiger partial charge in [0, 0.05) is 60.6 Å². The van der Waals surface area contributed by atoms with Gasteiger partial charge in [-0.3, -0.25) is 9.59 Å². The summed E-state index contributed by atoms with van der Waals surface area (Å²) in [6.07, 6.45) is 55.0. The number of thiophene rings is 4. The first-order valence-electron chi connectivity index (χ1n) is 36.1. The molecule has 0 saturated carbocycles. The Morgan fingerprint density at radius 3 is 1.00 bits per heavy atom. The Labute approximate surface area is 538 Å². The maximum Gasteiger partial charge on any atom is 0.195 e. The molecule has 2 unspecified atom stereocenters. The van der Waals surface area contributed by atoms with Gasteiger partial charge >= 0.3 is 0 Å². The van der Waals surface area contributed by atoms with Crippen molar-refractivity contribution in [3.05, 3.63) is 102 Å². The van der Waals surface area contributed by atoms with Crippen molar-refractivity contribution in [2.24, 2.45) is 11.8 Å². The molecule has 0 radical (unpaired) electrons. The van der Waals surface area contributed by atoms with Crippen LogP contribution in [0.4, 0.5) is 0 Å². The minimum Gasteiger partial charge on any atom is -0.289 e. The van der Waals surface area contributed by atoms with Crippen LogP contribution in [-0.2, 0) is 12.8 Å². The number of benzene rings is 2. The van der Waals surface area contributed by atoms with Crippen molar-refractivity contribution in [1.29, 1.82) is 0 Å². The van der Waals surface area contributed by atoms with E-state index in [4.69, 9.17) is 0 Å². The SMILES string of the molecule is CCCCCCCCCCCCC(CCCCCCCCCC)Cc1cc2c3cc(-c4ccc(-c5cc6sc(C)cc6s5)s4)c(=O)c3c(CC(CCCCCCCCCC)CCCCCCCCCCCC)cc2c2cc(-c3ccc(C)s3)c(=O)c12. The zero-order valence-electron chi connectivity index (χ0n) is 55.1. The first-order valence-corrected chi connectivity index (χ1v) is 39.3. The Hall–Kier alpha value is -3.42. The molecule has 470 valence electrons. The minimum atomic E-state index is 0.204. The van der Waals surface area contributed by atoms with Crippen LogP contribution >= 0.6 is 45.3 Å². The number of rotatable bonds is 47. The van der Waals surface area contributed by atoms with Crippen molar-refractivity contribution in [3.63, 3.8) is 0 Å². The lowest BCUT2D eigenvalue weighted by Crippen LogP contribution is -2.10. The maximum absolute atomic E-state index is 15.8. The fourth-order valence-corrected chi connectivity index (χ4v) is 18.8. The Kier molecular flexibility index (Phi) is 30.0. The van der Waals surface area contributed by atoms with E-state index in [2.05, 4.69) is 102 Å². The molecule has 0 spiro atoms. The Bertz CT molecular complexity index is 3260. The predicted octanol–water partition coefficient (Wildman–Crippen LogP) is 27.8. The molecule has 6 heteroatoms. The highest BCUT2D eigenvalue weighted by Crippen LogP contribution is 2.45. The van der Waals surface area contributed by atoms with Gasteiger partial charge in [-0.2, -0.15) is 0 Å². The predicted molar refractivity (Wildman–Crippen MR) is 390 cm³/mol. The average Bonchev–Trinajstić information content (AvgIpc) is 1.55. The van der Waals surface area contributed by atoms with Gasteiger partial charge in [-0.05, 0) is 132 Å². The van der Waals surface area contributed by atoms with Gasteiger partial charge in [0.1, 0.15) is 0 Å². The molecule has 0 aliphatic heterocycles. The molecular formula is C80H114O2S4. The molecule has 8 aromatic rings. The van der Waals surface area contributed by atoms with Crippen LogP contribution in [0.3, 0.4) is 0 Å². The van der Waals surface area contributed by atoms with Crippen molar-refractivity contribution in [2.75, 3.05) is 0 Å². The summed E-state index contributed by atoms with van der Waals surface area (Å²) >= 11 is 7.30. The third-order valence-electron chi connectivity index (χ3n) is 19.5. The third-order valence-corrected chi connectivity index (χ3v) is 24.1. The molecule has 2 atom stereocenters. The van der Waals surface area contributed by atoms with Crippen LogP contribution in [0.1, 0.15) is 305 Å². The monoisotopic (exact) mass is 1230 g/mol. The Balaban J connectivity index is 1.17. The lowest BCUT2D eigenvalue weighted by molar-refractivity contribution is 0.400. The van der Waals surface area contributed by atoms with Gasteiger partial charge in [0.05, 0.1) is 0 Å². The van der Waals surface area contributed by atoms with E-state index >= 15 is 9.59 Å². The summed E-state index contributed by atoms with van der Waals surface area (Å²) in [7, 11) is 0. The van der Waals surface area contributed by atoms with Crippen molar-refractivity contribution in [2.45, 2.75) is 311 Å². The van der Waals surface area contributed by atoms with Gasteiger partial charge < -0.3 is 0 Å². The molecule has 0 fully saturated rings. The van der Waals surface area contributed by atoms with E-state index in [1.165, 1.54) is 308 Å². The van der Waals surface area contributed by atoms with Crippen molar-refractivity contribution < 1.29 is 0 Å². The fourth-order valence-electron chi connectivity index (χ4n) is 14.5. The zero-order valence-corrected chi connectivity index (χ0v) is 58.3. The van der Waals surface area contributed by atoms with E-state index in [-0.39, 0.29) is 10.9 Å². The molecule has 4 heterocycles. The standard InChI is InChI=1S/C80H114O2S4/c1-7-11-15-19-23-27-29-33-37-41-45-61(43-39-35-31-25-21-17-13-9-3)52-63-54-66-65(67-56-69(79(81)77(63)67)71-48-47-59(5)83-71)55-64(53-62(44-40-36-32-26-22-18-14-10-4)46-42-38-34-30-28-24-20-16-12-8-2)78-68(66)57-70(80(78)82)72-49-50-73(85-72)75-58-76-74(86-75)51-60(6)84-76/h47-51,54-58,61-62H,7-46,52-53H2,1-6H3. The van der Waals surface area contributed by atoms with Crippen LogP contribution in [0.5, 0.6) is 0 Å². The van der Waals surface area contributed by atoms with Gasteiger partial charge in [0.25, 0.3) is 0 Å². The van der Waals surface area contributed by atoms with Gasteiger partial charge in [-0.25, -0.2) is 0 Å². The summed E-state index contributed by atoms with van der Waals surface area (Å²) in [6.45, 7) is 13.6. The second-order valence-corrected chi connectivity index (χ2v) is 31.6. The van der Waals surface area contributed by atoms with Gasteiger partial charge in [-0.15, -0.1) is 45.3 Å². The second kappa shape index (κ2) is 37.7. The van der Waals surface area contributed by atoms with Crippen molar-refractivity contribution in [1.82, 2.24) is 0 Å². The van der Waals surface area contributed by atoms with E-state index < -0.39 is 0 Å². The molecule has 86 heavy (non-hydrogen) atoms. The normalized spacial score (nSPS) is 12.9. The van der Waals surface area contributed by atoms with Crippen LogP contribution < -0.4 is 10.9 Å². The van der Waals surface area contributed by atoms with E-state index in [0.29, 0.717) is 11.8 Å². The van der Waals surface area contributed by atoms with E-state index in [1.54, 1.807) is 22.7 Å². The Morgan fingerprint density at radius 1 is 0.302 bits per heavy atom. The van der Waals surface area contributed by atoms with Crippen LogP contribution in [0.15, 0.2) is 70.3 Å². The quantitative estimate of drug-likeness (QED) is 0.0356. The summed E-state index contributed by atoms with van der Waals surface area (Å²) in [5.74, 6) is 1.04. The molecular weight excluding hydrogens is 1120 g/mol. The van der Waals surface area contributed by atoms with Gasteiger partial charge in [-0.1, -0.05) is 285 Å². The molecule has 0 aliphatic carbocycles. The molecule has 8 rings (SSSR count). The zero-order chi connectivity index (χ0) is 60.3. The highest BCUT2D eigenvalue weighted by Gasteiger charge is 2.26. The van der Waals surface area contributed by atoms with Crippen LogP contribution in [-0.4, -0.2) is 0 Å². The van der Waals surface area contributed by atoms with Gasteiger partial charge in [0.15, 0.2) is 10.9 Å². The molecule has 0 aliphatic rings. The highest BCUT2D eigenvalue weighted by atomic mass is 32.1. The summed E-state index contributed by atoms with van der Waals surface area (Å²) < 4.78 is 2.71. The lowest BCUT2D eigenvalue weighted by atomic mass is 9.84. The summed E-state index contributed by atoms with van der Waals surface area (Å²) in [5, 5.41) is 6.50. The smallest absolute Gasteiger partial charge is 0.195 e. The molecule has 0 amide bonds. The fraction of sp³-hybridized carbons (Fsp3) is 0.625. The number of hydrogen-bond donors (Lipinski definition) is 0. The first-order chi connectivity index (χ1) is 42.2. The Morgan fingerprint density at radius 2 is 0.640 bits per heavy atom. The molecule has 0 saturated heterocycles. The lowest BCUT2D eigenvalue weighted by Gasteiger charge is -2.20. The van der Waals surface area contributed by atoms with Gasteiger partial charge in [0.2, 0.25) is 0 Å². The van der Waals surface area contributed by atoms with E-state index in [1.807, 2.05) is 22.7 Å². The first kappa shape index (κ1) is 68.5. The summed E-state index contributed by atoms with van der Waals surface area (Å²) in [5.41, 5.74) is 4.56. The summed E-state index contributed by atoms with van der Waals surface area (Å²) in [4.78, 5) is 38.5. The highest BCUT2D eigenvalue weighted by molar-refractivity contribution is 7.31. The third kappa shape index (κ3) is 20.3. The summed E-state index contributed by atoms with van der Waals surface area (Å²) in [6, 6.07) is 23.1. The maximum atomic E-state index is 15.8. The number of unbranched alkanes of at least 4 members (excludes halogenated alkanes) is 32. The largest absolute Gasteiger partial charge is 0.289 e. The van der Waals surface area contributed by atoms with Crippen LogP contribution in [0.2, 0.25) is 0 Å². The van der Waals surface area contributed by atoms with Crippen molar-refractivity contribution >= 4 is 87.1 Å². The molecule has 0 bridgehead atoms. The minimum absolute atomic E-state index is 0.204. The number of hydrogen-bond acceptors (Lipinski definition) is 6. The number of aryl methyl sites for hydroxylation is 2. The molecule has 0 N–H and O–H groups in total. The van der Waals surface area contributed by atoms with Crippen molar-refractivity contribution in [3.8, 4) is 30.6 Å². The number of fused-ring (bicyclic) bond motifs is 6. The second-order valence-electron chi connectivity index (χ2n) is 26.9. The van der Waals surface area contributed by atoms with Crippen LogP contribution in [0, 0.1) is 25.7 Å². The van der Waals surface area contributed by atoms with E-state index in [0.717, 1.165) is 55.3 Å². The molecule has 4 aromatic heterocycles. The van der Waals surface area contributed by atoms with E-state index in [9.17, 15) is 0 Å². The molecule has 4 aromatic carbocycles. The molecule has 2 nitrogen and oxygen atoms in total. The van der Waals surface area contributed by atoms with Crippen LogP contribution in [0.25, 0.3) is 72.4 Å². The topological polar surface area (TPSA) is 34.1 Å².